The fourth-order valence-corrected chi connectivity index (χ4v) is 2.69. The van der Waals surface area contributed by atoms with Gasteiger partial charge in [0.1, 0.15) is 6.04 Å². The molecule has 0 aliphatic heterocycles. The van der Waals surface area contributed by atoms with E-state index in [1.807, 2.05) is 0 Å². The van der Waals surface area contributed by atoms with Gasteiger partial charge in [0.05, 0.1) is 16.6 Å². The first-order valence-electron chi connectivity index (χ1n) is 8.11. The second-order valence-electron chi connectivity index (χ2n) is 6.22. The number of carbonyl (C=O) groups excluding carboxylic acids is 1. The van der Waals surface area contributed by atoms with Crippen LogP contribution in [0.1, 0.15) is 18.1 Å². The van der Waals surface area contributed by atoms with Crippen LogP contribution in [-0.2, 0) is 11.0 Å². The fourth-order valence-electron chi connectivity index (χ4n) is 2.69. The van der Waals surface area contributed by atoms with E-state index in [1.54, 1.807) is 25.1 Å². The van der Waals surface area contributed by atoms with Gasteiger partial charge in [-0.25, -0.2) is 4.79 Å². The summed E-state index contributed by atoms with van der Waals surface area (Å²) in [6, 6.07) is 7.88. The van der Waals surface area contributed by atoms with Crippen LogP contribution in [-0.4, -0.2) is 21.9 Å². The molecule has 3 rings (SSSR count). The molecule has 0 radical (unpaired) electrons. The Morgan fingerprint density at radius 1 is 1.04 bits per heavy atom. The Bertz CT molecular complexity index is 1050. The van der Waals surface area contributed by atoms with Crippen LogP contribution >= 0.6 is 0 Å². The van der Waals surface area contributed by atoms with Gasteiger partial charge in [0.25, 0.3) is 0 Å². The van der Waals surface area contributed by atoms with Crippen LogP contribution in [0.2, 0.25) is 0 Å². The minimum atomic E-state index is -4.46. The quantitative estimate of drug-likeness (QED) is 0.559. The van der Waals surface area contributed by atoms with Crippen LogP contribution in [0.15, 0.2) is 41.2 Å². The number of amides is 1. The van der Waals surface area contributed by atoms with Gasteiger partial charge >= 0.3 is 11.9 Å². The minimum Gasteiger partial charge on any atom is -0.374 e. The van der Waals surface area contributed by atoms with Crippen LogP contribution in [0.5, 0.6) is 0 Å². The molecule has 9 heteroatoms. The lowest BCUT2D eigenvalue weighted by molar-refractivity contribution is -0.138. The molecule has 0 unspecified atom stereocenters. The maximum absolute atomic E-state index is 13.0. The summed E-state index contributed by atoms with van der Waals surface area (Å²) in [5.41, 5.74) is 0.789. The van der Waals surface area contributed by atoms with E-state index in [9.17, 15) is 22.8 Å². The van der Waals surface area contributed by atoms with Crippen LogP contribution < -0.4 is 16.3 Å². The van der Waals surface area contributed by atoms with Crippen LogP contribution in [0, 0.1) is 6.92 Å². The van der Waals surface area contributed by atoms with Crippen molar-refractivity contribution >= 4 is 28.3 Å². The van der Waals surface area contributed by atoms with Crippen LogP contribution in [0.25, 0.3) is 11.0 Å². The van der Waals surface area contributed by atoms with Crippen molar-refractivity contribution in [2.45, 2.75) is 26.1 Å². The van der Waals surface area contributed by atoms with E-state index in [0.717, 1.165) is 6.07 Å². The van der Waals surface area contributed by atoms with Crippen molar-refractivity contribution < 1.29 is 18.0 Å². The highest BCUT2D eigenvalue weighted by Gasteiger charge is 2.32. The molecule has 1 atom stereocenters. The number of rotatable bonds is 4. The summed E-state index contributed by atoms with van der Waals surface area (Å²) in [4.78, 5) is 28.8. The topological polar surface area (TPSA) is 89.8 Å². The molecule has 4 N–H and O–H groups in total. The number of hydrogen-bond donors (Lipinski definition) is 4. The van der Waals surface area contributed by atoms with Crippen molar-refractivity contribution in [1.82, 2.24) is 9.97 Å². The largest absolute Gasteiger partial charge is 0.416 e. The number of anilines is 2. The number of aromatic amines is 2. The molecule has 6 nitrogen and oxygen atoms in total. The second kappa shape index (κ2) is 6.82. The fraction of sp³-hybridized carbons (Fsp3) is 0.222. The minimum absolute atomic E-state index is 0.110. The van der Waals surface area contributed by atoms with Gasteiger partial charge in [-0.15, -0.1) is 0 Å². The number of carbonyl (C=O) groups is 1. The maximum atomic E-state index is 13.0. The Morgan fingerprint density at radius 3 is 2.41 bits per heavy atom. The predicted octanol–water partition coefficient (Wildman–Crippen LogP) is 3.62. The lowest BCUT2D eigenvalue weighted by Crippen LogP contribution is -2.32. The number of fused-ring (bicyclic) bond motifs is 1. The van der Waals surface area contributed by atoms with Gasteiger partial charge in [-0.1, -0.05) is 6.07 Å². The van der Waals surface area contributed by atoms with Crippen molar-refractivity contribution in [3.8, 4) is 0 Å². The number of aryl methyl sites for hydroxylation is 1. The molecule has 0 aliphatic rings. The molecular formula is C18H17F3N4O2. The van der Waals surface area contributed by atoms with Gasteiger partial charge in [-0.3, -0.25) is 4.79 Å². The van der Waals surface area contributed by atoms with Crippen molar-refractivity contribution in [1.29, 1.82) is 0 Å². The summed E-state index contributed by atoms with van der Waals surface area (Å²) >= 11 is 0. The molecule has 1 amide bonds. The van der Waals surface area contributed by atoms with Crippen molar-refractivity contribution in [3.63, 3.8) is 0 Å². The molecule has 142 valence electrons. The smallest absolute Gasteiger partial charge is 0.374 e. The molecule has 1 heterocycles. The Labute approximate surface area is 151 Å². The standard InChI is InChI=1S/C18H17F3N4O2/c1-9-3-4-11(7-13(9)18(19,20)21)22-10(2)16(26)23-12-5-6-14-15(8-12)25-17(27)24-14/h3-8,10,22H,1-2H3,(H,23,26)(H2,24,25,27)/t10-/m0/s1. The number of imidazole rings is 1. The molecule has 1 aromatic heterocycles. The van der Waals surface area contributed by atoms with Gasteiger partial charge in [-0.05, 0) is 49.7 Å². The number of nitrogens with one attached hydrogen (secondary N) is 4. The molecule has 0 saturated heterocycles. The maximum Gasteiger partial charge on any atom is 0.416 e. The molecule has 0 aliphatic carbocycles. The summed E-state index contributed by atoms with van der Waals surface area (Å²) in [6.45, 7) is 2.92. The van der Waals surface area contributed by atoms with Crippen molar-refractivity contribution in [2.24, 2.45) is 0 Å². The van der Waals surface area contributed by atoms with E-state index >= 15 is 0 Å². The molecule has 0 bridgehead atoms. The lowest BCUT2D eigenvalue weighted by Gasteiger charge is -2.17. The van der Waals surface area contributed by atoms with E-state index in [0.29, 0.717) is 16.7 Å². The zero-order valence-corrected chi connectivity index (χ0v) is 14.5. The van der Waals surface area contributed by atoms with Gasteiger partial charge in [0, 0.05) is 11.4 Å². The third kappa shape index (κ3) is 4.13. The van der Waals surface area contributed by atoms with Gasteiger partial charge in [0.2, 0.25) is 5.91 Å². The van der Waals surface area contributed by atoms with Crippen LogP contribution in [0.4, 0.5) is 24.5 Å². The second-order valence-corrected chi connectivity index (χ2v) is 6.22. The molecule has 3 aromatic rings. The number of halogens is 3. The first-order valence-corrected chi connectivity index (χ1v) is 8.11. The number of alkyl halides is 3. The highest BCUT2D eigenvalue weighted by atomic mass is 19.4. The first-order chi connectivity index (χ1) is 12.6. The van der Waals surface area contributed by atoms with E-state index < -0.39 is 23.7 Å². The number of aromatic nitrogens is 2. The summed E-state index contributed by atoms with van der Waals surface area (Å²) in [5.74, 6) is -0.429. The molecule has 0 fully saturated rings. The van der Waals surface area contributed by atoms with E-state index in [2.05, 4.69) is 20.6 Å². The highest BCUT2D eigenvalue weighted by Crippen LogP contribution is 2.33. The first kappa shape index (κ1) is 18.6. The summed E-state index contributed by atoms with van der Waals surface area (Å²) in [5, 5.41) is 5.43. The average molecular weight is 378 g/mol. The van der Waals surface area contributed by atoms with Crippen LogP contribution in [0.3, 0.4) is 0 Å². The summed E-state index contributed by atoms with van der Waals surface area (Å²) in [6.07, 6.45) is -4.46. The molecule has 27 heavy (non-hydrogen) atoms. The van der Waals surface area contributed by atoms with Crippen molar-refractivity contribution in [3.05, 3.63) is 58.0 Å². The van der Waals surface area contributed by atoms with Gasteiger partial charge in [-0.2, -0.15) is 13.2 Å². The zero-order valence-electron chi connectivity index (χ0n) is 14.5. The Kier molecular flexibility index (Phi) is 4.69. The molecule has 0 spiro atoms. The average Bonchev–Trinajstić information content (AvgIpc) is 2.94. The van der Waals surface area contributed by atoms with E-state index in [4.69, 9.17) is 0 Å². The zero-order chi connectivity index (χ0) is 19.8. The normalized spacial score (nSPS) is 12.8. The Hall–Kier alpha value is -3.23. The third-order valence-electron chi connectivity index (χ3n) is 4.10. The van der Waals surface area contributed by atoms with Crippen molar-refractivity contribution in [2.75, 3.05) is 10.6 Å². The van der Waals surface area contributed by atoms with E-state index in [1.165, 1.54) is 19.1 Å². The molecular weight excluding hydrogens is 361 g/mol. The van der Waals surface area contributed by atoms with Gasteiger partial charge in [0.15, 0.2) is 0 Å². The SMILES string of the molecule is Cc1ccc(N[C@@H](C)C(=O)Nc2ccc3[nH]c(=O)[nH]c3c2)cc1C(F)(F)F. The summed E-state index contributed by atoms with van der Waals surface area (Å²) in [7, 11) is 0. The Morgan fingerprint density at radius 2 is 1.70 bits per heavy atom. The number of H-pyrrole nitrogens is 2. The third-order valence-corrected chi connectivity index (χ3v) is 4.10. The predicted molar refractivity (Wildman–Crippen MR) is 96.8 cm³/mol. The molecule has 0 saturated carbocycles. The monoisotopic (exact) mass is 378 g/mol. The molecule has 2 aromatic carbocycles. The lowest BCUT2D eigenvalue weighted by atomic mass is 10.1. The number of hydrogen-bond acceptors (Lipinski definition) is 3. The summed E-state index contributed by atoms with van der Waals surface area (Å²) < 4.78 is 39.0. The van der Waals surface area contributed by atoms with E-state index in [-0.39, 0.29) is 16.9 Å². The Balaban J connectivity index is 1.72. The highest BCUT2D eigenvalue weighted by molar-refractivity contribution is 5.97. The number of benzene rings is 2. The van der Waals surface area contributed by atoms with Gasteiger partial charge < -0.3 is 20.6 Å².